The van der Waals surface area contributed by atoms with Gasteiger partial charge in [0.05, 0.1) is 17.0 Å². The van der Waals surface area contributed by atoms with Gasteiger partial charge < -0.3 is 0 Å². The van der Waals surface area contributed by atoms with Gasteiger partial charge in [0.1, 0.15) is 5.82 Å². The summed E-state index contributed by atoms with van der Waals surface area (Å²) >= 11 is 3.21. The lowest BCUT2D eigenvalue weighted by molar-refractivity contribution is 0.102. The van der Waals surface area contributed by atoms with Crippen molar-refractivity contribution in [2.45, 2.75) is 26.7 Å². The minimum atomic E-state index is -0.491. The standard InChI is InChI=1S/C14H14BrFN4O/c1-3-11-12(4-2)19-20-14(17-11)18-13(21)9-7-8(16)5-6-10(9)15/h5-7H,3-4H2,1-2H3,(H,17,18,20,21). The Bertz CT molecular complexity index is 678. The summed E-state index contributed by atoms with van der Waals surface area (Å²) in [5.74, 6) is -0.863. The molecule has 1 amide bonds. The second kappa shape index (κ2) is 6.71. The first-order valence-corrected chi connectivity index (χ1v) is 7.33. The van der Waals surface area contributed by atoms with Crippen LogP contribution in [0.2, 0.25) is 0 Å². The van der Waals surface area contributed by atoms with Crippen molar-refractivity contribution in [1.82, 2.24) is 15.2 Å². The number of rotatable bonds is 4. The molecular weight excluding hydrogens is 339 g/mol. The highest BCUT2D eigenvalue weighted by molar-refractivity contribution is 9.10. The van der Waals surface area contributed by atoms with E-state index in [2.05, 4.69) is 36.4 Å². The van der Waals surface area contributed by atoms with Gasteiger partial charge >= 0.3 is 0 Å². The summed E-state index contributed by atoms with van der Waals surface area (Å²) in [6.07, 6.45) is 1.43. The van der Waals surface area contributed by atoms with Gasteiger partial charge in [0.25, 0.3) is 5.91 Å². The highest BCUT2D eigenvalue weighted by Gasteiger charge is 2.14. The van der Waals surface area contributed by atoms with Crippen LogP contribution in [-0.4, -0.2) is 21.1 Å². The lowest BCUT2D eigenvalue weighted by Gasteiger charge is -2.08. The smallest absolute Gasteiger partial charge is 0.259 e. The molecule has 1 aromatic carbocycles. The molecule has 0 fully saturated rings. The van der Waals surface area contributed by atoms with E-state index in [1.807, 2.05) is 13.8 Å². The van der Waals surface area contributed by atoms with Crippen LogP contribution in [0.15, 0.2) is 22.7 Å². The van der Waals surface area contributed by atoms with E-state index >= 15 is 0 Å². The molecule has 1 heterocycles. The van der Waals surface area contributed by atoms with Gasteiger partial charge in [-0.25, -0.2) is 9.37 Å². The number of carbonyl (C=O) groups is 1. The third-order valence-corrected chi connectivity index (χ3v) is 3.60. The Labute approximate surface area is 130 Å². The molecule has 0 unspecified atom stereocenters. The zero-order valence-electron chi connectivity index (χ0n) is 11.7. The van der Waals surface area contributed by atoms with Crippen molar-refractivity contribution in [3.8, 4) is 0 Å². The summed E-state index contributed by atoms with van der Waals surface area (Å²) in [4.78, 5) is 16.4. The molecule has 0 bridgehead atoms. The van der Waals surface area contributed by atoms with Crippen LogP contribution in [0.4, 0.5) is 10.3 Å². The number of amides is 1. The zero-order valence-corrected chi connectivity index (χ0v) is 13.2. The second-order valence-corrected chi connectivity index (χ2v) is 5.17. The first-order valence-electron chi connectivity index (χ1n) is 6.54. The number of hydrogen-bond acceptors (Lipinski definition) is 4. The van der Waals surface area contributed by atoms with E-state index < -0.39 is 11.7 Å². The minimum Gasteiger partial charge on any atom is -0.289 e. The van der Waals surface area contributed by atoms with Crippen molar-refractivity contribution in [2.75, 3.05) is 5.32 Å². The van der Waals surface area contributed by atoms with Gasteiger partial charge in [-0.05, 0) is 47.0 Å². The Hall–Kier alpha value is -1.89. The molecular formula is C14H14BrFN4O. The highest BCUT2D eigenvalue weighted by atomic mass is 79.9. The number of aryl methyl sites for hydroxylation is 2. The van der Waals surface area contributed by atoms with Crippen LogP contribution < -0.4 is 5.32 Å². The maximum atomic E-state index is 13.2. The molecule has 21 heavy (non-hydrogen) atoms. The molecule has 0 aliphatic carbocycles. The number of halogens is 2. The van der Waals surface area contributed by atoms with Crippen molar-refractivity contribution in [1.29, 1.82) is 0 Å². The number of nitrogens with zero attached hydrogens (tertiary/aromatic N) is 3. The van der Waals surface area contributed by atoms with Crippen LogP contribution in [0, 0.1) is 5.82 Å². The molecule has 2 rings (SSSR count). The summed E-state index contributed by atoms with van der Waals surface area (Å²) in [5.41, 5.74) is 1.78. The molecule has 1 aromatic heterocycles. The number of benzene rings is 1. The molecule has 0 spiro atoms. The van der Waals surface area contributed by atoms with E-state index in [1.54, 1.807) is 0 Å². The molecule has 0 aliphatic heterocycles. The molecule has 2 aromatic rings. The third kappa shape index (κ3) is 3.60. The third-order valence-electron chi connectivity index (χ3n) is 2.91. The lowest BCUT2D eigenvalue weighted by atomic mass is 10.2. The summed E-state index contributed by atoms with van der Waals surface area (Å²) in [6.45, 7) is 3.92. The van der Waals surface area contributed by atoms with E-state index in [9.17, 15) is 9.18 Å². The maximum Gasteiger partial charge on any atom is 0.259 e. The fourth-order valence-corrected chi connectivity index (χ4v) is 2.26. The number of hydrogen-bond donors (Lipinski definition) is 1. The van der Waals surface area contributed by atoms with Crippen LogP contribution in [0.3, 0.4) is 0 Å². The minimum absolute atomic E-state index is 0.116. The van der Waals surface area contributed by atoms with Gasteiger partial charge in [-0.3, -0.25) is 10.1 Å². The Morgan fingerprint density at radius 2 is 1.95 bits per heavy atom. The molecule has 0 atom stereocenters. The molecule has 0 radical (unpaired) electrons. The van der Waals surface area contributed by atoms with Crippen LogP contribution in [0.25, 0.3) is 0 Å². The SMILES string of the molecule is CCc1nnc(NC(=O)c2cc(F)ccc2Br)nc1CC. The summed E-state index contributed by atoms with van der Waals surface area (Å²) in [7, 11) is 0. The molecule has 5 nitrogen and oxygen atoms in total. The van der Waals surface area contributed by atoms with E-state index in [0.29, 0.717) is 10.9 Å². The first kappa shape index (κ1) is 15.5. The molecule has 0 saturated carbocycles. The van der Waals surface area contributed by atoms with Crippen molar-refractivity contribution in [3.63, 3.8) is 0 Å². The van der Waals surface area contributed by atoms with E-state index in [0.717, 1.165) is 23.9 Å². The highest BCUT2D eigenvalue weighted by Crippen LogP contribution is 2.19. The van der Waals surface area contributed by atoms with E-state index in [-0.39, 0.29) is 11.5 Å². The van der Waals surface area contributed by atoms with Gasteiger partial charge in [0.2, 0.25) is 5.95 Å². The zero-order chi connectivity index (χ0) is 15.4. The monoisotopic (exact) mass is 352 g/mol. The quantitative estimate of drug-likeness (QED) is 0.917. The van der Waals surface area contributed by atoms with Gasteiger partial charge in [-0.2, -0.15) is 0 Å². The molecule has 110 valence electrons. The maximum absolute atomic E-state index is 13.2. The Kier molecular flexibility index (Phi) is 4.95. The average molecular weight is 353 g/mol. The second-order valence-electron chi connectivity index (χ2n) is 4.31. The normalized spacial score (nSPS) is 10.5. The fraction of sp³-hybridized carbons (Fsp3) is 0.286. The molecule has 7 heteroatoms. The molecule has 0 saturated heterocycles. The molecule has 0 aliphatic rings. The number of aromatic nitrogens is 3. The Morgan fingerprint density at radius 3 is 2.62 bits per heavy atom. The van der Waals surface area contributed by atoms with Gasteiger partial charge in [0, 0.05) is 4.47 Å². The largest absolute Gasteiger partial charge is 0.289 e. The average Bonchev–Trinajstić information content (AvgIpc) is 2.49. The van der Waals surface area contributed by atoms with E-state index in [4.69, 9.17) is 0 Å². The predicted molar refractivity (Wildman–Crippen MR) is 80.6 cm³/mol. The lowest BCUT2D eigenvalue weighted by Crippen LogP contribution is -2.17. The van der Waals surface area contributed by atoms with Crippen molar-refractivity contribution in [2.24, 2.45) is 0 Å². The number of nitrogens with one attached hydrogen (secondary N) is 1. The van der Waals surface area contributed by atoms with Crippen LogP contribution in [0.5, 0.6) is 0 Å². The Morgan fingerprint density at radius 1 is 1.24 bits per heavy atom. The summed E-state index contributed by atoms with van der Waals surface area (Å²) in [5, 5.41) is 10.4. The van der Waals surface area contributed by atoms with Gasteiger partial charge in [-0.1, -0.05) is 13.8 Å². The van der Waals surface area contributed by atoms with Crippen LogP contribution in [0.1, 0.15) is 35.6 Å². The summed E-state index contributed by atoms with van der Waals surface area (Å²) < 4.78 is 13.7. The van der Waals surface area contributed by atoms with Gasteiger partial charge in [0.15, 0.2) is 0 Å². The Balaban J connectivity index is 2.25. The van der Waals surface area contributed by atoms with Crippen LogP contribution in [-0.2, 0) is 12.8 Å². The van der Waals surface area contributed by atoms with Crippen molar-refractivity contribution >= 4 is 27.8 Å². The number of carbonyl (C=O) groups excluding carboxylic acids is 1. The van der Waals surface area contributed by atoms with Crippen LogP contribution >= 0.6 is 15.9 Å². The fourth-order valence-electron chi connectivity index (χ4n) is 1.83. The van der Waals surface area contributed by atoms with Crippen molar-refractivity contribution < 1.29 is 9.18 Å². The number of anilines is 1. The first-order chi connectivity index (χ1) is 10.0. The summed E-state index contributed by atoms with van der Waals surface area (Å²) in [6, 6.07) is 3.89. The predicted octanol–water partition coefficient (Wildman–Crippen LogP) is 3.15. The molecule has 1 N–H and O–H groups in total. The van der Waals surface area contributed by atoms with E-state index in [1.165, 1.54) is 12.1 Å². The van der Waals surface area contributed by atoms with Gasteiger partial charge in [-0.15, -0.1) is 10.2 Å². The van der Waals surface area contributed by atoms with Crippen molar-refractivity contribution in [3.05, 3.63) is 45.4 Å². The topological polar surface area (TPSA) is 67.8 Å².